The number of carbonyl (C=O) groups excluding carboxylic acids is 2. The fourth-order valence-corrected chi connectivity index (χ4v) is 4.71. The highest BCUT2D eigenvalue weighted by atomic mass is 19.4. The van der Waals surface area contributed by atoms with Gasteiger partial charge in [-0.25, -0.2) is 13.8 Å². The number of aryl methyl sites for hydroxylation is 2. The van der Waals surface area contributed by atoms with Crippen molar-refractivity contribution in [2.45, 2.75) is 66.3 Å². The Morgan fingerprint density at radius 1 is 0.977 bits per heavy atom. The predicted molar refractivity (Wildman–Crippen MR) is 151 cm³/mol. The number of ether oxygens (including phenoxy) is 2. The van der Waals surface area contributed by atoms with Gasteiger partial charge in [0.05, 0.1) is 11.3 Å². The molecule has 1 unspecified atom stereocenters. The number of esters is 1. The summed E-state index contributed by atoms with van der Waals surface area (Å²) in [7, 11) is 0. The number of aromatic nitrogens is 2. The molecule has 0 fully saturated rings. The summed E-state index contributed by atoms with van der Waals surface area (Å²) < 4.78 is 80.4. The summed E-state index contributed by atoms with van der Waals surface area (Å²) in [4.78, 5) is 30.0. The molecule has 0 N–H and O–H groups in total. The van der Waals surface area contributed by atoms with Gasteiger partial charge in [-0.3, -0.25) is 14.0 Å². The van der Waals surface area contributed by atoms with Crippen LogP contribution in [0.5, 0.6) is 5.75 Å². The summed E-state index contributed by atoms with van der Waals surface area (Å²) in [6.45, 7) is 2.81. The van der Waals surface area contributed by atoms with Crippen LogP contribution in [0.3, 0.4) is 0 Å². The van der Waals surface area contributed by atoms with E-state index in [-0.39, 0.29) is 49.5 Å². The third-order valence-corrected chi connectivity index (χ3v) is 6.69. The second-order valence-corrected chi connectivity index (χ2v) is 10.1. The Morgan fingerprint density at radius 2 is 1.65 bits per heavy atom. The molecule has 0 aliphatic carbocycles. The van der Waals surface area contributed by atoms with Crippen molar-refractivity contribution in [1.29, 1.82) is 0 Å². The zero-order valence-corrected chi connectivity index (χ0v) is 23.0. The largest absolute Gasteiger partial charge is 0.485 e. The lowest BCUT2D eigenvalue weighted by molar-refractivity contribution is -0.155. The molecule has 2 heterocycles. The van der Waals surface area contributed by atoms with Gasteiger partial charge < -0.3 is 9.47 Å². The molecule has 43 heavy (non-hydrogen) atoms. The summed E-state index contributed by atoms with van der Waals surface area (Å²) in [6, 6.07) is 13.8. The minimum absolute atomic E-state index is 0. The van der Waals surface area contributed by atoms with Gasteiger partial charge in [-0.05, 0) is 55.5 Å². The van der Waals surface area contributed by atoms with Crippen molar-refractivity contribution in [2.24, 2.45) is 5.92 Å². The van der Waals surface area contributed by atoms with Gasteiger partial charge in [-0.2, -0.15) is 13.2 Å². The minimum atomic E-state index is -4.53. The molecule has 6 nitrogen and oxygen atoms in total. The number of fused-ring (bicyclic) bond motifs is 1. The lowest BCUT2D eigenvalue weighted by atomic mass is 9.93. The van der Waals surface area contributed by atoms with Crippen LogP contribution in [0.4, 0.5) is 22.0 Å². The lowest BCUT2D eigenvalue weighted by Crippen LogP contribution is -2.20. The molecule has 0 saturated heterocycles. The average Bonchev–Trinajstić information content (AvgIpc) is 3.25. The van der Waals surface area contributed by atoms with E-state index in [0.29, 0.717) is 16.8 Å². The molecule has 0 bridgehead atoms. The maximum absolute atomic E-state index is 14.1. The molecule has 0 aliphatic rings. The number of nitrogens with zero attached hydrogens (tertiary/aromatic N) is 2. The second-order valence-electron chi connectivity index (χ2n) is 10.1. The van der Waals surface area contributed by atoms with E-state index >= 15 is 0 Å². The highest BCUT2D eigenvalue weighted by Gasteiger charge is 2.34. The Balaban J connectivity index is 0.00000506. The highest BCUT2D eigenvalue weighted by Crippen LogP contribution is 2.31. The van der Waals surface area contributed by atoms with Gasteiger partial charge in [0.15, 0.2) is 17.2 Å². The molecule has 0 spiro atoms. The molecule has 11 heteroatoms. The van der Waals surface area contributed by atoms with E-state index in [4.69, 9.17) is 9.47 Å². The van der Waals surface area contributed by atoms with Crippen LogP contribution in [0, 0.1) is 31.4 Å². The van der Waals surface area contributed by atoms with Crippen LogP contribution in [-0.4, -0.2) is 27.3 Å². The van der Waals surface area contributed by atoms with Gasteiger partial charge in [-0.15, -0.1) is 0 Å². The monoisotopic (exact) mass is 604 g/mol. The molecule has 1 atom stereocenters. The predicted octanol–water partition coefficient (Wildman–Crippen LogP) is 8.11. The van der Waals surface area contributed by atoms with Crippen molar-refractivity contribution in [1.82, 2.24) is 9.38 Å². The Hall–Kier alpha value is -4.28. The van der Waals surface area contributed by atoms with Crippen LogP contribution in [-0.2, 0) is 22.7 Å². The number of imidazole rings is 1. The van der Waals surface area contributed by atoms with Crippen LogP contribution in [0.15, 0.2) is 60.8 Å². The quantitative estimate of drug-likeness (QED) is 0.0929. The topological polar surface area (TPSA) is 69.9 Å². The minimum Gasteiger partial charge on any atom is -0.485 e. The summed E-state index contributed by atoms with van der Waals surface area (Å²) in [5.41, 5.74) is 1.75. The maximum atomic E-state index is 14.1. The molecule has 4 aromatic rings. The van der Waals surface area contributed by atoms with Crippen molar-refractivity contribution in [2.75, 3.05) is 0 Å². The number of carbonyl (C=O) groups is 2. The molecule has 230 valence electrons. The van der Waals surface area contributed by atoms with Crippen molar-refractivity contribution in [3.05, 3.63) is 101 Å². The fraction of sp³-hybridized carbons (Fsp3) is 0.344. The van der Waals surface area contributed by atoms with Crippen molar-refractivity contribution in [3.8, 4) is 5.75 Å². The van der Waals surface area contributed by atoms with Crippen LogP contribution in [0.1, 0.15) is 66.0 Å². The number of ketones is 1. The van der Waals surface area contributed by atoms with E-state index < -0.39 is 54.9 Å². The first kappa shape index (κ1) is 33.2. The summed E-state index contributed by atoms with van der Waals surface area (Å²) in [5.74, 6) is -3.78. The lowest BCUT2D eigenvalue weighted by Gasteiger charge is -2.18. The zero-order chi connectivity index (χ0) is 30.4. The molecule has 4 rings (SSSR count). The van der Waals surface area contributed by atoms with Crippen molar-refractivity contribution in [3.63, 3.8) is 0 Å². The normalized spacial score (nSPS) is 12.1. The first-order valence-corrected chi connectivity index (χ1v) is 13.3. The van der Waals surface area contributed by atoms with Crippen LogP contribution < -0.4 is 4.74 Å². The average molecular weight is 605 g/mol. The highest BCUT2D eigenvalue weighted by molar-refractivity contribution is 5.96. The van der Waals surface area contributed by atoms with E-state index in [0.717, 1.165) is 12.1 Å². The van der Waals surface area contributed by atoms with Crippen LogP contribution >= 0.6 is 0 Å². The summed E-state index contributed by atoms with van der Waals surface area (Å²) in [6.07, 6.45) is -5.12. The Kier molecular flexibility index (Phi) is 11.0. The number of alkyl halides is 3. The van der Waals surface area contributed by atoms with Crippen molar-refractivity contribution < 1.29 is 41.0 Å². The van der Waals surface area contributed by atoms with Gasteiger partial charge >= 0.3 is 12.1 Å². The van der Waals surface area contributed by atoms with E-state index in [9.17, 15) is 31.5 Å². The van der Waals surface area contributed by atoms with E-state index in [1.807, 2.05) is 0 Å². The third kappa shape index (κ3) is 8.86. The third-order valence-electron chi connectivity index (χ3n) is 6.69. The zero-order valence-electron chi connectivity index (χ0n) is 23.0. The standard InChI is InChI=1S/C31H29F5N2O4.CH4/c1-19-13-27(41-18-23-24(32)9-6-10-25(23)33)30-37-20(2)29(38(30)16-19)26(39)12-11-22(15-31(34,35)36)14-28(40)42-17-21-7-4-3-5-8-21;/h3-10,13,16,22H,11-12,14-15,17-18H2,1-2H3;1H4. The number of benzene rings is 2. The Morgan fingerprint density at radius 3 is 2.30 bits per heavy atom. The van der Waals surface area contributed by atoms with Gasteiger partial charge in [0, 0.05) is 25.5 Å². The number of halogens is 5. The van der Waals surface area contributed by atoms with Crippen LogP contribution in [0.25, 0.3) is 5.65 Å². The van der Waals surface area contributed by atoms with Gasteiger partial charge in [-0.1, -0.05) is 43.8 Å². The Labute approximate surface area is 246 Å². The number of hydrogen-bond acceptors (Lipinski definition) is 5. The summed E-state index contributed by atoms with van der Waals surface area (Å²) >= 11 is 0. The van der Waals surface area contributed by atoms with Gasteiger partial charge in [0.2, 0.25) is 0 Å². The smallest absolute Gasteiger partial charge is 0.389 e. The molecule has 0 amide bonds. The van der Waals surface area contributed by atoms with Gasteiger partial charge in [0.1, 0.15) is 30.5 Å². The van der Waals surface area contributed by atoms with Gasteiger partial charge in [0.25, 0.3) is 0 Å². The molecule has 0 aliphatic heterocycles. The number of rotatable bonds is 12. The number of Topliss-reactive ketones (excluding diaryl/α,β-unsaturated/α-hetero) is 1. The second kappa shape index (κ2) is 14.3. The molecule has 0 saturated carbocycles. The summed E-state index contributed by atoms with van der Waals surface area (Å²) in [5, 5.41) is 0. The maximum Gasteiger partial charge on any atom is 0.389 e. The first-order valence-electron chi connectivity index (χ1n) is 13.3. The van der Waals surface area contributed by atoms with Crippen LogP contribution in [0.2, 0.25) is 0 Å². The van der Waals surface area contributed by atoms with Crippen molar-refractivity contribution >= 4 is 17.4 Å². The van der Waals surface area contributed by atoms with E-state index in [2.05, 4.69) is 4.98 Å². The number of pyridine rings is 1. The Bertz CT molecular complexity index is 1550. The number of hydrogen-bond donors (Lipinski definition) is 0. The molecule has 2 aromatic carbocycles. The van der Waals surface area contributed by atoms with E-state index in [1.165, 1.54) is 10.5 Å². The first-order chi connectivity index (χ1) is 19.9. The molecular formula is C32H33F5N2O4. The fourth-order valence-electron chi connectivity index (χ4n) is 4.71. The molecule has 2 aromatic heterocycles. The van der Waals surface area contributed by atoms with E-state index in [1.54, 1.807) is 56.4 Å². The molecule has 0 radical (unpaired) electrons. The SMILES string of the molecule is C.Cc1cc(OCc2c(F)cccc2F)c2nc(C)c(C(=O)CCC(CC(=O)OCc3ccccc3)CC(F)(F)F)n2c1. The molecular weight excluding hydrogens is 571 g/mol.